The Hall–Kier alpha value is -2.47. The van der Waals surface area contributed by atoms with Crippen LogP contribution in [0, 0.1) is 5.82 Å². The monoisotopic (exact) mass is 349 g/mol. The third kappa shape index (κ3) is 4.33. The summed E-state index contributed by atoms with van der Waals surface area (Å²) in [5, 5.41) is 3.36. The van der Waals surface area contributed by atoms with Gasteiger partial charge in [-0.05, 0) is 31.2 Å². The molecule has 2 rings (SSSR count). The summed E-state index contributed by atoms with van der Waals surface area (Å²) >= 11 is 0. The molecule has 5 nitrogen and oxygen atoms in total. The van der Waals surface area contributed by atoms with Gasteiger partial charge in [0.2, 0.25) is 0 Å². The van der Waals surface area contributed by atoms with E-state index in [2.05, 4.69) is 5.32 Å². The lowest BCUT2D eigenvalue weighted by atomic mass is 10.1. The van der Waals surface area contributed by atoms with Crippen molar-refractivity contribution >= 4 is 0 Å². The summed E-state index contributed by atoms with van der Waals surface area (Å²) in [6, 6.07) is 8.00. The number of halogens is 1. The third-order valence-corrected chi connectivity index (χ3v) is 4.04. The number of hydrogen-bond donors (Lipinski definition) is 1. The minimum atomic E-state index is -0.298. The van der Waals surface area contributed by atoms with Gasteiger partial charge in [0.15, 0.2) is 11.5 Å². The van der Waals surface area contributed by atoms with Crippen molar-refractivity contribution in [1.29, 1.82) is 0 Å². The van der Waals surface area contributed by atoms with E-state index >= 15 is 0 Å². The van der Waals surface area contributed by atoms with Crippen molar-refractivity contribution in [1.82, 2.24) is 5.32 Å². The van der Waals surface area contributed by atoms with Gasteiger partial charge in [-0.2, -0.15) is 0 Å². The van der Waals surface area contributed by atoms with Crippen LogP contribution >= 0.6 is 0 Å². The van der Waals surface area contributed by atoms with Crippen LogP contribution in [-0.2, 0) is 6.54 Å². The summed E-state index contributed by atoms with van der Waals surface area (Å²) in [4.78, 5) is 0. The van der Waals surface area contributed by atoms with Crippen molar-refractivity contribution in [2.24, 2.45) is 0 Å². The molecule has 0 amide bonds. The van der Waals surface area contributed by atoms with Crippen molar-refractivity contribution in [3.63, 3.8) is 0 Å². The molecule has 1 atom stereocenters. The number of benzene rings is 2. The number of ether oxygens (including phenoxy) is 4. The maximum absolute atomic E-state index is 13.6. The minimum Gasteiger partial charge on any atom is -0.496 e. The van der Waals surface area contributed by atoms with Gasteiger partial charge < -0.3 is 24.3 Å². The van der Waals surface area contributed by atoms with Gasteiger partial charge in [-0.15, -0.1) is 0 Å². The molecule has 136 valence electrons. The van der Waals surface area contributed by atoms with Crippen LogP contribution in [0.3, 0.4) is 0 Å². The van der Waals surface area contributed by atoms with Gasteiger partial charge in [0, 0.05) is 29.8 Å². The molecule has 0 fully saturated rings. The van der Waals surface area contributed by atoms with Gasteiger partial charge in [-0.1, -0.05) is 0 Å². The van der Waals surface area contributed by atoms with Crippen LogP contribution in [-0.4, -0.2) is 28.4 Å². The zero-order valence-electron chi connectivity index (χ0n) is 15.2. The summed E-state index contributed by atoms with van der Waals surface area (Å²) in [6.45, 7) is 2.45. The molecule has 6 heteroatoms. The number of nitrogens with one attached hydrogen (secondary N) is 1. The summed E-state index contributed by atoms with van der Waals surface area (Å²) in [5.41, 5.74) is 1.66. The average molecular weight is 349 g/mol. The van der Waals surface area contributed by atoms with Crippen molar-refractivity contribution in [3.8, 4) is 23.0 Å². The van der Waals surface area contributed by atoms with Crippen LogP contribution in [0.2, 0.25) is 0 Å². The van der Waals surface area contributed by atoms with Crippen molar-refractivity contribution in [2.75, 3.05) is 28.4 Å². The number of hydrogen-bond acceptors (Lipinski definition) is 5. The van der Waals surface area contributed by atoms with Crippen LogP contribution in [0.15, 0.2) is 30.3 Å². The summed E-state index contributed by atoms with van der Waals surface area (Å²) < 4.78 is 35.0. The molecule has 0 heterocycles. The fourth-order valence-electron chi connectivity index (χ4n) is 2.65. The largest absolute Gasteiger partial charge is 0.496 e. The fraction of sp³-hybridized carbons (Fsp3) is 0.368. The predicted molar refractivity (Wildman–Crippen MR) is 94.3 cm³/mol. The molecule has 1 unspecified atom stereocenters. The molecular weight excluding hydrogens is 325 g/mol. The lowest BCUT2D eigenvalue weighted by Crippen LogP contribution is -2.19. The molecule has 1 N–H and O–H groups in total. The van der Waals surface area contributed by atoms with Gasteiger partial charge >= 0.3 is 0 Å². The Morgan fingerprint density at radius 2 is 1.44 bits per heavy atom. The molecule has 2 aromatic carbocycles. The van der Waals surface area contributed by atoms with Crippen molar-refractivity contribution in [3.05, 3.63) is 47.3 Å². The quantitative estimate of drug-likeness (QED) is 0.787. The van der Waals surface area contributed by atoms with Crippen LogP contribution in [0.4, 0.5) is 4.39 Å². The van der Waals surface area contributed by atoms with E-state index in [0.29, 0.717) is 29.5 Å². The first-order valence-electron chi connectivity index (χ1n) is 7.89. The predicted octanol–water partition coefficient (Wildman–Crippen LogP) is 3.71. The topological polar surface area (TPSA) is 49.0 Å². The first-order chi connectivity index (χ1) is 12.0. The Labute approximate surface area is 147 Å². The molecular formula is C19H24FNO4. The molecule has 0 bridgehead atoms. The molecule has 25 heavy (non-hydrogen) atoms. The molecule has 0 aromatic heterocycles. The van der Waals surface area contributed by atoms with E-state index in [-0.39, 0.29) is 11.9 Å². The van der Waals surface area contributed by atoms with Gasteiger partial charge in [0.05, 0.1) is 28.4 Å². The summed E-state index contributed by atoms with van der Waals surface area (Å²) in [7, 11) is 6.33. The zero-order chi connectivity index (χ0) is 18.4. The van der Waals surface area contributed by atoms with Gasteiger partial charge in [-0.25, -0.2) is 4.39 Å². The van der Waals surface area contributed by atoms with Gasteiger partial charge in [0.25, 0.3) is 0 Å². The maximum Gasteiger partial charge on any atom is 0.164 e. The third-order valence-electron chi connectivity index (χ3n) is 4.04. The van der Waals surface area contributed by atoms with Crippen LogP contribution in [0.5, 0.6) is 23.0 Å². The summed E-state index contributed by atoms with van der Waals surface area (Å²) in [6.07, 6.45) is 0. The first-order valence-corrected chi connectivity index (χ1v) is 7.89. The SMILES string of the molecule is COc1cc(OC)c(OC)cc1CNC(C)c1cc(F)ccc1OC. The van der Waals surface area contributed by atoms with E-state index in [4.69, 9.17) is 18.9 Å². The van der Waals surface area contributed by atoms with E-state index in [0.717, 1.165) is 11.1 Å². The molecule has 0 aliphatic heterocycles. The second kappa shape index (κ2) is 8.58. The van der Waals surface area contributed by atoms with Crippen LogP contribution in [0.1, 0.15) is 24.1 Å². The highest BCUT2D eigenvalue weighted by molar-refractivity contribution is 5.50. The fourth-order valence-corrected chi connectivity index (χ4v) is 2.65. The van der Waals surface area contributed by atoms with E-state index < -0.39 is 0 Å². The molecule has 0 aliphatic rings. The molecule has 0 spiro atoms. The Kier molecular flexibility index (Phi) is 6.47. The van der Waals surface area contributed by atoms with Crippen molar-refractivity contribution in [2.45, 2.75) is 19.5 Å². The average Bonchev–Trinajstić information content (AvgIpc) is 2.65. The van der Waals surface area contributed by atoms with E-state index in [1.807, 2.05) is 13.0 Å². The molecule has 0 aliphatic carbocycles. The minimum absolute atomic E-state index is 0.122. The van der Waals surface area contributed by atoms with Crippen molar-refractivity contribution < 1.29 is 23.3 Å². The normalized spacial score (nSPS) is 11.8. The highest BCUT2D eigenvalue weighted by atomic mass is 19.1. The van der Waals surface area contributed by atoms with E-state index in [1.54, 1.807) is 40.6 Å². The highest BCUT2D eigenvalue weighted by Crippen LogP contribution is 2.35. The number of methoxy groups -OCH3 is 4. The van der Waals surface area contributed by atoms with Gasteiger partial charge in [-0.3, -0.25) is 0 Å². The standard InChI is InChI=1S/C19H24FNO4/c1-12(15-9-14(20)6-7-16(15)22-2)21-11-13-8-18(24-4)19(25-5)10-17(13)23-3/h6-10,12,21H,11H2,1-5H3. The Bertz CT molecular complexity index is 721. The summed E-state index contributed by atoms with van der Waals surface area (Å²) in [5.74, 6) is 2.25. The van der Waals surface area contributed by atoms with E-state index in [9.17, 15) is 4.39 Å². The Balaban J connectivity index is 2.22. The highest BCUT2D eigenvalue weighted by Gasteiger charge is 2.15. The smallest absolute Gasteiger partial charge is 0.164 e. The van der Waals surface area contributed by atoms with E-state index in [1.165, 1.54) is 12.1 Å². The zero-order valence-corrected chi connectivity index (χ0v) is 15.2. The van der Waals surface area contributed by atoms with Crippen LogP contribution < -0.4 is 24.3 Å². The lowest BCUT2D eigenvalue weighted by Gasteiger charge is -2.19. The maximum atomic E-state index is 13.6. The second-order valence-electron chi connectivity index (χ2n) is 5.51. The Morgan fingerprint density at radius 1 is 0.840 bits per heavy atom. The molecule has 2 aromatic rings. The first kappa shape index (κ1) is 18.9. The second-order valence-corrected chi connectivity index (χ2v) is 5.51. The molecule has 0 radical (unpaired) electrons. The van der Waals surface area contributed by atoms with Gasteiger partial charge in [0.1, 0.15) is 17.3 Å². The number of rotatable bonds is 8. The Morgan fingerprint density at radius 3 is 2.04 bits per heavy atom. The lowest BCUT2D eigenvalue weighted by molar-refractivity contribution is 0.346. The van der Waals surface area contributed by atoms with Crippen LogP contribution in [0.25, 0.3) is 0 Å². The molecule has 0 saturated heterocycles. The molecule has 0 saturated carbocycles.